The van der Waals surface area contributed by atoms with Gasteiger partial charge in [0.25, 0.3) is 0 Å². The molecule has 8 heteroatoms. The maximum absolute atomic E-state index is 12.8. The van der Waals surface area contributed by atoms with E-state index in [4.69, 9.17) is 0 Å². The summed E-state index contributed by atoms with van der Waals surface area (Å²) in [4.78, 5) is 0.243. The predicted octanol–water partition coefficient (Wildman–Crippen LogP) is 2.18. The summed E-state index contributed by atoms with van der Waals surface area (Å²) in [7, 11) is -1.91. The van der Waals surface area contributed by atoms with Crippen molar-refractivity contribution in [2.45, 2.75) is 30.2 Å². The van der Waals surface area contributed by atoms with Gasteiger partial charge in [0.05, 0.1) is 11.4 Å². The minimum atomic E-state index is -3.54. The number of hydrogen-bond acceptors (Lipinski definition) is 5. The van der Waals surface area contributed by atoms with E-state index in [1.54, 1.807) is 25.2 Å². The first-order valence-electron chi connectivity index (χ1n) is 7.00. The second-order valence-electron chi connectivity index (χ2n) is 5.32. The van der Waals surface area contributed by atoms with Crippen molar-refractivity contribution in [2.75, 3.05) is 20.1 Å². The Morgan fingerprint density at radius 3 is 3.00 bits per heavy atom. The van der Waals surface area contributed by atoms with Gasteiger partial charge in [0.2, 0.25) is 10.0 Å². The molecule has 1 unspecified atom stereocenters. The Morgan fingerprint density at radius 2 is 2.24 bits per heavy atom. The first kappa shape index (κ1) is 14.8. The maximum Gasteiger partial charge on any atom is 0.245 e. The molecule has 1 atom stereocenters. The maximum atomic E-state index is 12.8. The average Bonchev–Trinajstić information content (AvgIpc) is 2.96. The van der Waals surface area contributed by atoms with Gasteiger partial charge in [-0.05, 0) is 31.5 Å². The molecule has 114 valence electrons. The number of rotatable bonds is 4. The van der Waals surface area contributed by atoms with E-state index in [0.29, 0.717) is 17.9 Å². The summed E-state index contributed by atoms with van der Waals surface area (Å²) in [5.41, 5.74) is 1.09. The van der Waals surface area contributed by atoms with E-state index in [9.17, 15) is 8.42 Å². The molecule has 1 fully saturated rings. The van der Waals surface area contributed by atoms with E-state index < -0.39 is 10.0 Å². The van der Waals surface area contributed by atoms with Gasteiger partial charge < -0.3 is 5.32 Å². The van der Waals surface area contributed by atoms with Crippen molar-refractivity contribution in [1.82, 2.24) is 9.62 Å². The van der Waals surface area contributed by atoms with E-state index in [1.807, 2.05) is 0 Å². The van der Waals surface area contributed by atoms with Gasteiger partial charge in [0.1, 0.15) is 16.3 Å². The van der Waals surface area contributed by atoms with Crippen LogP contribution >= 0.6 is 0 Å². The molecule has 1 aromatic carbocycles. The molecule has 0 aromatic heterocycles. The fraction of sp³-hybridized carbons (Fsp3) is 0.538. The third-order valence-corrected chi connectivity index (χ3v) is 6.22. The summed E-state index contributed by atoms with van der Waals surface area (Å²) in [5, 5.41) is 3.37. The molecule has 0 saturated carbocycles. The molecule has 0 radical (unpaired) electrons. The number of fused-ring (bicyclic) bond motifs is 1. The zero-order valence-corrected chi connectivity index (χ0v) is 13.5. The first-order valence-corrected chi connectivity index (χ1v) is 9.17. The van der Waals surface area contributed by atoms with Crippen molar-refractivity contribution >= 4 is 32.8 Å². The van der Waals surface area contributed by atoms with Gasteiger partial charge in [-0.3, -0.25) is 0 Å². The third-order valence-electron chi connectivity index (χ3n) is 3.83. The van der Waals surface area contributed by atoms with Gasteiger partial charge in [-0.2, -0.15) is 13.0 Å². The molecule has 0 amide bonds. The highest BCUT2D eigenvalue weighted by Crippen LogP contribution is 2.38. The highest BCUT2D eigenvalue weighted by molar-refractivity contribution is 7.89. The van der Waals surface area contributed by atoms with Crippen molar-refractivity contribution < 1.29 is 8.42 Å². The lowest BCUT2D eigenvalue weighted by Crippen LogP contribution is -2.44. The minimum Gasteiger partial charge on any atom is -0.313 e. The van der Waals surface area contributed by atoms with Crippen LogP contribution < -0.4 is 5.32 Å². The van der Waals surface area contributed by atoms with Crippen LogP contribution in [0.2, 0.25) is 0 Å². The number of nitrogens with one attached hydrogen (secondary N) is 1. The monoisotopic (exact) mass is 326 g/mol. The quantitative estimate of drug-likeness (QED) is 0.936. The summed E-state index contributed by atoms with van der Waals surface area (Å²) in [5.74, 6) is 0. The molecule has 2 heterocycles. The van der Waals surface area contributed by atoms with Gasteiger partial charge in [-0.1, -0.05) is 12.5 Å². The van der Waals surface area contributed by atoms with Crippen molar-refractivity contribution in [1.29, 1.82) is 0 Å². The number of sulfonamides is 1. The molecule has 1 saturated heterocycles. The third kappa shape index (κ3) is 2.94. The molecule has 0 aliphatic carbocycles. The first-order chi connectivity index (χ1) is 10.1. The van der Waals surface area contributed by atoms with Gasteiger partial charge in [0, 0.05) is 19.6 Å². The van der Waals surface area contributed by atoms with Crippen molar-refractivity contribution in [2.24, 2.45) is 8.73 Å². The Labute approximate surface area is 128 Å². The Bertz CT molecular complexity index is 705. The topological polar surface area (TPSA) is 74.1 Å². The van der Waals surface area contributed by atoms with Crippen molar-refractivity contribution in [3.8, 4) is 0 Å². The SMILES string of the molecule is CN(CC1CCCCN1)S(=O)(=O)c1cccc2c1N=S=N2. The van der Waals surface area contributed by atoms with E-state index in [0.717, 1.165) is 37.2 Å². The van der Waals surface area contributed by atoms with E-state index in [-0.39, 0.29) is 10.9 Å². The Hall–Kier alpha value is -1.09. The molecule has 2 aliphatic rings. The summed E-state index contributed by atoms with van der Waals surface area (Å²) in [6.07, 6.45) is 3.33. The summed E-state index contributed by atoms with van der Waals surface area (Å²) in [6, 6.07) is 5.32. The molecule has 21 heavy (non-hydrogen) atoms. The Kier molecular flexibility index (Phi) is 4.21. The van der Waals surface area contributed by atoms with Crippen LogP contribution in [0, 0.1) is 0 Å². The van der Waals surface area contributed by atoms with E-state index >= 15 is 0 Å². The van der Waals surface area contributed by atoms with Gasteiger partial charge in [-0.15, -0.1) is 0 Å². The van der Waals surface area contributed by atoms with Gasteiger partial charge in [-0.25, -0.2) is 8.42 Å². The zero-order valence-electron chi connectivity index (χ0n) is 11.8. The van der Waals surface area contributed by atoms with Crippen LogP contribution in [0.15, 0.2) is 31.8 Å². The summed E-state index contributed by atoms with van der Waals surface area (Å²) in [6.45, 7) is 1.44. The standard InChI is InChI=1S/C13H18N4O2S2/c1-17(9-10-5-2-3-8-14-10)21(18,19)12-7-4-6-11-13(12)16-20-15-11/h4,6-7,10,14H,2-3,5,8-9H2,1H3. The number of nitrogens with zero attached hydrogens (tertiary/aromatic N) is 3. The van der Waals surface area contributed by atoms with Crippen LogP contribution in [0.5, 0.6) is 0 Å². The van der Waals surface area contributed by atoms with E-state index in [1.165, 1.54) is 4.31 Å². The molecule has 1 N–H and O–H groups in total. The average molecular weight is 326 g/mol. The molecule has 2 aliphatic heterocycles. The largest absolute Gasteiger partial charge is 0.313 e. The summed E-state index contributed by atoms with van der Waals surface area (Å²) < 4.78 is 35.2. The van der Waals surface area contributed by atoms with Crippen LogP contribution in [0.4, 0.5) is 11.4 Å². The lowest BCUT2D eigenvalue weighted by Gasteiger charge is -2.28. The second kappa shape index (κ2) is 5.96. The normalized spacial score (nSPS) is 21.3. The van der Waals surface area contributed by atoms with Crippen LogP contribution in [-0.2, 0) is 21.4 Å². The number of likely N-dealkylation sites (N-methyl/N-ethyl adjacent to an activating group) is 1. The van der Waals surface area contributed by atoms with Crippen LogP contribution in [0.1, 0.15) is 19.3 Å². The molecule has 6 nitrogen and oxygen atoms in total. The van der Waals surface area contributed by atoms with Crippen molar-refractivity contribution in [3.63, 3.8) is 0 Å². The smallest absolute Gasteiger partial charge is 0.245 e. The molecule has 1 aromatic rings. The number of piperidine rings is 1. The van der Waals surface area contributed by atoms with E-state index in [2.05, 4.69) is 14.0 Å². The Balaban J connectivity index is 1.83. The number of benzene rings is 1. The fourth-order valence-corrected chi connectivity index (χ4v) is 4.61. The van der Waals surface area contributed by atoms with Gasteiger partial charge >= 0.3 is 0 Å². The molecular formula is C13H18N4O2S2. The Morgan fingerprint density at radius 1 is 1.38 bits per heavy atom. The second-order valence-corrected chi connectivity index (χ2v) is 7.86. The molecule has 0 bridgehead atoms. The van der Waals surface area contributed by atoms with Crippen molar-refractivity contribution in [3.05, 3.63) is 18.2 Å². The number of hydrogen-bond donors (Lipinski definition) is 1. The fourth-order valence-electron chi connectivity index (χ4n) is 2.65. The highest BCUT2D eigenvalue weighted by atomic mass is 32.2. The predicted molar refractivity (Wildman–Crippen MR) is 83.4 cm³/mol. The molecule has 3 rings (SSSR count). The molecular weight excluding hydrogens is 308 g/mol. The molecule has 0 spiro atoms. The van der Waals surface area contributed by atoms with Gasteiger partial charge in [0.15, 0.2) is 0 Å². The lowest BCUT2D eigenvalue weighted by molar-refractivity contribution is 0.337. The lowest BCUT2D eigenvalue weighted by atomic mass is 10.1. The minimum absolute atomic E-state index is 0.228. The van der Waals surface area contributed by atoms with Crippen LogP contribution in [0.3, 0.4) is 0 Å². The highest BCUT2D eigenvalue weighted by Gasteiger charge is 2.28. The summed E-state index contributed by atoms with van der Waals surface area (Å²) >= 11 is 1.04. The zero-order chi connectivity index (χ0) is 14.9. The van der Waals surface area contributed by atoms with Crippen LogP contribution in [-0.4, -0.2) is 38.9 Å². The van der Waals surface area contributed by atoms with Crippen LogP contribution in [0.25, 0.3) is 0 Å².